The minimum Gasteiger partial charge on any atom is -0.481 e. The highest BCUT2D eigenvalue weighted by molar-refractivity contribution is 5.69. The van der Waals surface area contributed by atoms with Crippen LogP contribution >= 0.6 is 0 Å². The Morgan fingerprint density at radius 3 is 2.31 bits per heavy atom. The van der Waals surface area contributed by atoms with Crippen LogP contribution in [0.25, 0.3) is 0 Å². The van der Waals surface area contributed by atoms with E-state index in [0.29, 0.717) is 19.3 Å². The molecule has 2 nitrogen and oxygen atoms in total. The fourth-order valence-corrected chi connectivity index (χ4v) is 1.26. The number of halogens is 2. The lowest BCUT2D eigenvalue weighted by Crippen LogP contribution is -2.13. The first-order valence-electron chi connectivity index (χ1n) is 4.58. The summed E-state index contributed by atoms with van der Waals surface area (Å²) in [6.07, 6.45) is -0.462. The highest BCUT2D eigenvalue weighted by Crippen LogP contribution is 2.16. The predicted molar refractivity (Wildman–Crippen MR) is 45.9 cm³/mol. The lowest BCUT2D eigenvalue weighted by Gasteiger charge is -2.09. The Morgan fingerprint density at radius 1 is 1.31 bits per heavy atom. The van der Waals surface area contributed by atoms with E-state index in [0.717, 1.165) is 6.42 Å². The average molecular weight is 194 g/mol. The van der Waals surface area contributed by atoms with Crippen LogP contribution in [0.15, 0.2) is 0 Å². The van der Waals surface area contributed by atoms with Crippen LogP contribution in [-0.2, 0) is 4.79 Å². The van der Waals surface area contributed by atoms with E-state index >= 15 is 0 Å². The molecular weight excluding hydrogens is 178 g/mol. The smallest absolute Gasteiger partial charge is 0.306 e. The van der Waals surface area contributed by atoms with Gasteiger partial charge in [-0.1, -0.05) is 13.3 Å². The highest BCUT2D eigenvalue weighted by atomic mass is 19.3. The fraction of sp³-hybridized carbons (Fsp3) is 0.889. The van der Waals surface area contributed by atoms with E-state index < -0.39 is 18.3 Å². The third-order valence-electron chi connectivity index (χ3n) is 1.96. The van der Waals surface area contributed by atoms with Crippen LogP contribution in [0.1, 0.15) is 39.0 Å². The summed E-state index contributed by atoms with van der Waals surface area (Å²) in [7, 11) is 0. The van der Waals surface area contributed by atoms with E-state index in [4.69, 9.17) is 5.11 Å². The molecule has 0 aromatic rings. The van der Waals surface area contributed by atoms with Crippen molar-refractivity contribution in [1.82, 2.24) is 0 Å². The summed E-state index contributed by atoms with van der Waals surface area (Å²) in [5, 5.41) is 8.68. The van der Waals surface area contributed by atoms with Crippen molar-refractivity contribution < 1.29 is 18.7 Å². The molecule has 0 radical (unpaired) electrons. The van der Waals surface area contributed by atoms with Gasteiger partial charge in [0.05, 0.1) is 5.92 Å². The van der Waals surface area contributed by atoms with Crippen molar-refractivity contribution in [3.05, 3.63) is 0 Å². The SMILES string of the molecule is CCCC(CCCC(F)F)C(=O)O. The zero-order chi connectivity index (χ0) is 10.3. The van der Waals surface area contributed by atoms with E-state index in [1.54, 1.807) is 0 Å². The van der Waals surface area contributed by atoms with Crippen molar-refractivity contribution >= 4 is 5.97 Å². The van der Waals surface area contributed by atoms with Gasteiger partial charge in [-0.25, -0.2) is 8.78 Å². The monoisotopic (exact) mass is 194 g/mol. The van der Waals surface area contributed by atoms with Gasteiger partial charge >= 0.3 is 5.97 Å². The summed E-state index contributed by atoms with van der Waals surface area (Å²) in [5.74, 6) is -1.31. The zero-order valence-electron chi connectivity index (χ0n) is 7.80. The molecule has 0 aromatic heterocycles. The maximum Gasteiger partial charge on any atom is 0.306 e. The standard InChI is InChI=1S/C9H16F2O2/c1-2-4-7(9(12)13)5-3-6-8(10)11/h7-8H,2-6H2,1H3,(H,12,13). The topological polar surface area (TPSA) is 37.3 Å². The number of carbonyl (C=O) groups is 1. The Bertz CT molecular complexity index is 149. The zero-order valence-corrected chi connectivity index (χ0v) is 7.80. The minimum atomic E-state index is -2.31. The third-order valence-corrected chi connectivity index (χ3v) is 1.96. The first-order valence-corrected chi connectivity index (χ1v) is 4.58. The van der Waals surface area contributed by atoms with Crippen LogP contribution < -0.4 is 0 Å². The Morgan fingerprint density at radius 2 is 1.92 bits per heavy atom. The number of alkyl halides is 2. The first-order chi connectivity index (χ1) is 6.07. The van der Waals surface area contributed by atoms with Crippen LogP contribution in [0.5, 0.6) is 0 Å². The highest BCUT2D eigenvalue weighted by Gasteiger charge is 2.16. The molecule has 0 aliphatic rings. The molecule has 13 heavy (non-hydrogen) atoms. The van der Waals surface area contributed by atoms with Crippen molar-refractivity contribution in [2.45, 2.75) is 45.5 Å². The first kappa shape index (κ1) is 12.3. The molecule has 78 valence electrons. The normalized spacial score (nSPS) is 13.2. The van der Waals surface area contributed by atoms with Gasteiger partial charge < -0.3 is 5.11 Å². The molecule has 0 heterocycles. The van der Waals surface area contributed by atoms with Crippen LogP contribution in [0, 0.1) is 5.92 Å². The number of carboxylic acid groups (broad SMARTS) is 1. The lowest BCUT2D eigenvalue weighted by atomic mass is 9.97. The van der Waals surface area contributed by atoms with Gasteiger partial charge in [-0.3, -0.25) is 4.79 Å². The number of aliphatic carboxylic acids is 1. The number of carboxylic acids is 1. The van der Waals surface area contributed by atoms with E-state index in [9.17, 15) is 13.6 Å². The third kappa shape index (κ3) is 6.49. The summed E-state index contributed by atoms with van der Waals surface area (Å²) in [5.41, 5.74) is 0. The predicted octanol–water partition coefficient (Wildman–Crippen LogP) is 2.92. The minimum absolute atomic E-state index is 0.187. The Hall–Kier alpha value is -0.670. The quantitative estimate of drug-likeness (QED) is 0.676. The lowest BCUT2D eigenvalue weighted by molar-refractivity contribution is -0.142. The number of rotatable bonds is 7. The molecule has 0 aromatic carbocycles. The van der Waals surface area contributed by atoms with Crippen molar-refractivity contribution in [3.8, 4) is 0 Å². The second kappa shape index (κ2) is 6.80. The van der Waals surface area contributed by atoms with Crippen molar-refractivity contribution in [2.24, 2.45) is 5.92 Å². The molecule has 4 heteroatoms. The Balaban J connectivity index is 3.63. The van der Waals surface area contributed by atoms with Gasteiger partial charge in [0.1, 0.15) is 0 Å². The molecule has 0 aliphatic heterocycles. The molecule has 0 saturated heterocycles. The van der Waals surface area contributed by atoms with Gasteiger partial charge in [0, 0.05) is 6.42 Å². The Kier molecular flexibility index (Phi) is 6.45. The summed E-state index contributed by atoms with van der Waals surface area (Å²) in [6.45, 7) is 1.89. The van der Waals surface area contributed by atoms with Gasteiger partial charge in [-0.2, -0.15) is 0 Å². The summed E-state index contributed by atoms with van der Waals surface area (Å²) in [6, 6.07) is 0. The molecule has 0 spiro atoms. The average Bonchev–Trinajstić information content (AvgIpc) is 2.02. The maximum atomic E-state index is 11.7. The Labute approximate surface area is 76.9 Å². The maximum absolute atomic E-state index is 11.7. The van der Waals surface area contributed by atoms with E-state index in [2.05, 4.69) is 0 Å². The van der Waals surface area contributed by atoms with Gasteiger partial charge in [0.15, 0.2) is 0 Å². The largest absolute Gasteiger partial charge is 0.481 e. The van der Waals surface area contributed by atoms with Crippen molar-refractivity contribution in [3.63, 3.8) is 0 Å². The van der Waals surface area contributed by atoms with Gasteiger partial charge in [0.25, 0.3) is 0 Å². The van der Waals surface area contributed by atoms with Crippen LogP contribution in [0.2, 0.25) is 0 Å². The molecule has 0 rings (SSSR count). The van der Waals surface area contributed by atoms with Crippen LogP contribution in [-0.4, -0.2) is 17.5 Å². The molecule has 0 amide bonds. The van der Waals surface area contributed by atoms with Crippen molar-refractivity contribution in [1.29, 1.82) is 0 Å². The van der Waals surface area contributed by atoms with Gasteiger partial charge in [0.2, 0.25) is 6.43 Å². The molecule has 1 atom stereocenters. The molecule has 0 fully saturated rings. The summed E-state index contributed by atoms with van der Waals surface area (Å²) in [4.78, 5) is 10.6. The number of hydrogen-bond donors (Lipinski definition) is 1. The van der Waals surface area contributed by atoms with Gasteiger partial charge in [-0.05, 0) is 19.3 Å². The van der Waals surface area contributed by atoms with Crippen LogP contribution in [0.4, 0.5) is 8.78 Å². The molecule has 1 unspecified atom stereocenters. The second-order valence-electron chi connectivity index (χ2n) is 3.15. The molecular formula is C9H16F2O2. The van der Waals surface area contributed by atoms with Crippen LogP contribution in [0.3, 0.4) is 0 Å². The second-order valence-corrected chi connectivity index (χ2v) is 3.15. The molecule has 0 saturated carbocycles. The summed E-state index contributed by atoms with van der Waals surface area (Å²) >= 11 is 0. The van der Waals surface area contributed by atoms with E-state index in [1.165, 1.54) is 0 Å². The fourth-order valence-electron chi connectivity index (χ4n) is 1.26. The van der Waals surface area contributed by atoms with Crippen molar-refractivity contribution in [2.75, 3.05) is 0 Å². The summed E-state index contributed by atoms with van der Waals surface area (Å²) < 4.78 is 23.4. The van der Waals surface area contributed by atoms with E-state index in [-0.39, 0.29) is 6.42 Å². The number of hydrogen-bond acceptors (Lipinski definition) is 1. The van der Waals surface area contributed by atoms with E-state index in [1.807, 2.05) is 6.92 Å². The molecule has 0 bridgehead atoms. The van der Waals surface area contributed by atoms with Gasteiger partial charge in [-0.15, -0.1) is 0 Å². The molecule has 1 N–H and O–H groups in total. The molecule has 0 aliphatic carbocycles.